The zero-order valence-electron chi connectivity index (χ0n) is 59.9. The van der Waals surface area contributed by atoms with Gasteiger partial charge in [-0.2, -0.15) is 0 Å². The van der Waals surface area contributed by atoms with Gasteiger partial charge in [0.05, 0.1) is 28.5 Å². The molecule has 1 fully saturated rings. The molecule has 10 aromatic carbocycles. The molecule has 0 unspecified atom stereocenters. The van der Waals surface area contributed by atoms with Crippen molar-refractivity contribution in [3.63, 3.8) is 0 Å². The largest absolute Gasteiger partial charge is 0.0622 e. The molecular formula is C86H76BBrCl2F2N8O2P2PdS2. The topological polar surface area (TPSA) is 103 Å². The van der Waals surface area contributed by atoms with Gasteiger partial charge in [-0.05, 0) is 249 Å². The molecule has 10 nitrogen and oxygen atoms in total. The molecular weight excluding hydrogens is 1610 g/mol. The number of halogens is 5. The van der Waals surface area contributed by atoms with E-state index in [4.69, 9.17) is 33.5 Å². The van der Waals surface area contributed by atoms with Crippen LogP contribution in [0.25, 0.3) is 42.0 Å². The Labute approximate surface area is 659 Å². The number of benzene rings is 10. The third kappa shape index (κ3) is 20.0. The molecule has 542 valence electrons. The normalized spacial score (nSPS) is 12.6. The summed E-state index contributed by atoms with van der Waals surface area (Å²) in [5, 5.41) is 26.0. The summed E-state index contributed by atoms with van der Waals surface area (Å²) >= 11 is 6.50. The Kier molecular flexibility index (Phi) is 26.6. The van der Waals surface area contributed by atoms with E-state index in [0.29, 0.717) is 0 Å². The minimum Gasteiger partial charge on any atom is -0.0622 e. The fourth-order valence-electron chi connectivity index (χ4n) is 11.6. The zero-order chi connectivity index (χ0) is 75.0. The number of rotatable bonds is 12. The average Bonchev–Trinajstić information content (AvgIpc) is 1.67. The molecule has 16 aromatic rings. The predicted molar refractivity (Wildman–Crippen MR) is 452 cm³/mol. The first-order chi connectivity index (χ1) is 51.8. The van der Waals surface area contributed by atoms with Crippen LogP contribution in [0.15, 0.2) is 308 Å². The molecule has 0 spiro atoms. The summed E-state index contributed by atoms with van der Waals surface area (Å²) in [4.78, 5) is 9.68. The molecule has 0 aliphatic carbocycles. The molecule has 1 aliphatic heterocycles. The maximum absolute atomic E-state index is 13.5. The molecule has 17 rings (SSSR count). The Hall–Kier alpha value is -8.61. The van der Waals surface area contributed by atoms with Crippen molar-refractivity contribution in [2.45, 2.75) is 66.6 Å². The Balaban J connectivity index is 0.000000125. The summed E-state index contributed by atoms with van der Waals surface area (Å²) in [5.41, 5.74) is 8.83. The number of anilines is 4. The van der Waals surface area contributed by atoms with Crippen LogP contribution in [-0.4, -0.2) is 47.5 Å². The minimum absolute atomic E-state index is 0.106. The molecule has 21 heteroatoms. The fraction of sp³-hybridized carbons (Fsp3) is 0.116. The first kappa shape index (κ1) is 78.0. The van der Waals surface area contributed by atoms with Crippen molar-refractivity contribution in [3.8, 4) is 10.6 Å². The molecule has 0 amide bonds. The van der Waals surface area contributed by atoms with Crippen molar-refractivity contribution >= 4 is 172 Å². The van der Waals surface area contributed by atoms with Crippen LogP contribution >= 0.6 is 73.5 Å². The molecule has 1 saturated heterocycles. The van der Waals surface area contributed by atoms with Crippen molar-refractivity contribution in [1.82, 2.24) is 29.2 Å². The van der Waals surface area contributed by atoms with Gasteiger partial charge in [0.25, 0.3) is 0 Å². The van der Waals surface area contributed by atoms with Gasteiger partial charge in [0.2, 0.25) is 0 Å². The zero-order valence-corrected chi connectivity index (χ0v) is 67.9. The van der Waals surface area contributed by atoms with Gasteiger partial charge in [0, 0.05) is 25.6 Å². The summed E-state index contributed by atoms with van der Waals surface area (Å²) in [6.07, 6.45) is 3.55. The number of hydrogen-bond acceptors (Lipinski definition) is 10. The maximum Gasteiger partial charge on any atom is -0.0134 e. The van der Waals surface area contributed by atoms with Gasteiger partial charge in [-0.3, -0.25) is 0 Å². The summed E-state index contributed by atoms with van der Waals surface area (Å²) < 4.78 is 46.2. The number of nitrogens with zero attached hydrogens (tertiary/aromatic N) is 6. The molecule has 0 radical (unpaired) electrons. The number of aromatic nitrogens is 6. The second-order valence-electron chi connectivity index (χ2n) is 26.0. The van der Waals surface area contributed by atoms with Crippen LogP contribution in [0.3, 0.4) is 0 Å². The number of fused-ring (bicyclic) bond motifs is 4. The number of hydrogen-bond donors (Lipinski definition) is 2. The smallest absolute Gasteiger partial charge is 0.0134 e. The second kappa shape index (κ2) is 36.5. The van der Waals surface area contributed by atoms with Crippen LogP contribution in [0.2, 0.25) is 0 Å². The fourth-order valence-corrected chi connectivity index (χ4v) is 18.6. The Morgan fingerprint density at radius 1 is 0.430 bits per heavy atom. The quantitative estimate of drug-likeness (QED) is 0.0921. The standard InChI is InChI=1S/C22H17FN4S.2C18H15P.C14H16BFO2S.C14H13BrN4.2ClH.Pd/c1-13-3-5-17(9-14(13)2)25-21-7-8-22-24-12-18(27(22)26-21)20-11-15-10-16(23)4-6-19(15)28-20;2*1-4-10-16(11-5-1)19(17-12-6-2-7-13-17)18-14-8-3-9-15-18;1-13(2)14(3,4)18-15(17-13)12-8-9-7-10(16)5-6-11(9)19-12;1-9-3-4-11(7-10(9)2)17-13-5-6-14-16-8-12(15)19(14)18-13;;;/h3-12H,1-2H3,(H,25,26);2*1-15H;5-8H,1-4H3;3-8H,1-2H3,(H,17,18);2*1H;/q;;;;;;;+2/p-2. The Bertz CT molecular complexity index is 5260. The van der Waals surface area contributed by atoms with Crippen molar-refractivity contribution in [3.05, 3.63) is 342 Å². The molecule has 7 heterocycles. The van der Waals surface area contributed by atoms with Crippen LogP contribution in [0.4, 0.5) is 31.8 Å². The van der Waals surface area contributed by atoms with E-state index in [9.17, 15) is 8.78 Å². The van der Waals surface area contributed by atoms with E-state index in [1.54, 1.807) is 51.6 Å². The number of aryl methyl sites for hydroxylation is 4. The third-order valence-electron chi connectivity index (χ3n) is 18.0. The van der Waals surface area contributed by atoms with Crippen molar-refractivity contribution in [2.24, 2.45) is 0 Å². The summed E-state index contributed by atoms with van der Waals surface area (Å²) in [7, 11) is 8.37. The molecule has 0 bridgehead atoms. The minimum atomic E-state index is -0.446. The first-order valence-corrected chi connectivity index (χ1v) is 43.4. The van der Waals surface area contributed by atoms with E-state index in [1.165, 1.54) is 66.2 Å². The van der Waals surface area contributed by atoms with E-state index >= 15 is 0 Å². The summed E-state index contributed by atoms with van der Waals surface area (Å²) in [5.74, 6) is 1.08. The molecule has 2 N–H and O–H groups in total. The van der Waals surface area contributed by atoms with E-state index in [2.05, 4.69) is 282 Å². The molecule has 1 aliphatic rings. The summed E-state index contributed by atoms with van der Waals surface area (Å²) in [6, 6.07) is 98.5. The van der Waals surface area contributed by atoms with E-state index in [0.717, 1.165) is 74.4 Å². The van der Waals surface area contributed by atoms with Crippen molar-refractivity contribution < 1.29 is 34.0 Å². The van der Waals surface area contributed by atoms with Gasteiger partial charge in [-0.25, -0.2) is 27.8 Å². The molecule has 107 heavy (non-hydrogen) atoms. The van der Waals surface area contributed by atoms with Gasteiger partial charge in [0.1, 0.15) is 21.9 Å². The second-order valence-corrected chi connectivity index (χ2v) is 35.8. The van der Waals surface area contributed by atoms with Gasteiger partial charge in [-0.1, -0.05) is 194 Å². The van der Waals surface area contributed by atoms with Crippen LogP contribution in [0.5, 0.6) is 0 Å². The SMILES string of the molecule is CC1(C)OB(c2cc3cc(F)ccc3s2)OC1(C)C.Cc1ccc(Nc2ccc3ncc(-c4cc5cc(F)ccc5s4)n3n2)cc1C.Cc1ccc(Nc2ccc3ncc(Br)n3n2)cc1C.[Cl][Pd][Cl].c1ccc(P(c2ccccc2)c2ccccc2)cc1.c1ccc(P(c2ccccc2)c2ccccc2)cc1. The van der Waals surface area contributed by atoms with E-state index < -0.39 is 15.8 Å². The first-order valence-electron chi connectivity index (χ1n) is 34.3. The predicted octanol–water partition coefficient (Wildman–Crippen LogP) is 21.6. The van der Waals surface area contributed by atoms with Crippen LogP contribution < -0.4 is 47.2 Å². The molecule has 0 atom stereocenters. The van der Waals surface area contributed by atoms with E-state index in [1.807, 2.05) is 86.9 Å². The number of thiophene rings is 2. The number of imidazole rings is 2. The molecule has 0 saturated carbocycles. The maximum atomic E-state index is 13.5. The Morgan fingerprint density at radius 3 is 1.20 bits per heavy atom. The monoisotopic (exact) mass is 1680 g/mol. The van der Waals surface area contributed by atoms with Crippen molar-refractivity contribution in [2.75, 3.05) is 10.6 Å². The van der Waals surface area contributed by atoms with Crippen LogP contribution in [0.1, 0.15) is 49.9 Å². The van der Waals surface area contributed by atoms with Gasteiger partial charge >= 0.3 is 42.1 Å². The van der Waals surface area contributed by atoms with Gasteiger partial charge in [-0.15, -0.1) is 32.9 Å². The Morgan fingerprint density at radius 2 is 0.794 bits per heavy atom. The van der Waals surface area contributed by atoms with Crippen molar-refractivity contribution in [1.29, 1.82) is 0 Å². The van der Waals surface area contributed by atoms with Crippen LogP contribution in [0, 0.1) is 39.3 Å². The van der Waals surface area contributed by atoms with E-state index in [-0.39, 0.29) is 45.9 Å². The average molecular weight is 1690 g/mol. The van der Waals surface area contributed by atoms with Crippen LogP contribution in [-0.2, 0) is 25.2 Å². The summed E-state index contributed by atoms with van der Waals surface area (Å²) in [6.45, 7) is 16.5. The third-order valence-corrected chi connectivity index (χ3v) is 25.7. The van der Waals surface area contributed by atoms with Gasteiger partial charge in [0.15, 0.2) is 22.9 Å². The number of nitrogens with one attached hydrogen (secondary N) is 2. The van der Waals surface area contributed by atoms with Gasteiger partial charge < -0.3 is 19.9 Å². The molecule has 6 aromatic heterocycles.